The number of nitrogens with zero attached hydrogens (tertiary/aromatic N) is 1. The predicted octanol–water partition coefficient (Wildman–Crippen LogP) is 1.60. The highest BCUT2D eigenvalue weighted by molar-refractivity contribution is 5.64. The maximum absolute atomic E-state index is 10.1. The van der Waals surface area contributed by atoms with Crippen LogP contribution in [0.2, 0.25) is 0 Å². The van der Waals surface area contributed by atoms with Crippen molar-refractivity contribution in [1.29, 1.82) is 0 Å². The molecule has 0 aromatic carbocycles. The average Bonchev–Trinajstić information content (AvgIpc) is 1.99. The summed E-state index contributed by atoms with van der Waals surface area (Å²) in [5.41, 5.74) is -0.826. The first kappa shape index (κ1) is 17.1. The summed E-state index contributed by atoms with van der Waals surface area (Å²) in [6, 6.07) is 0. The van der Waals surface area contributed by atoms with E-state index in [9.17, 15) is 9.59 Å². The number of hydrazine groups is 1. The highest BCUT2D eigenvalue weighted by Crippen LogP contribution is 2.07. The highest BCUT2D eigenvalue weighted by atomic mass is 16.5. The first-order chi connectivity index (χ1) is 6.91. The Labute approximate surface area is 96.3 Å². The minimum absolute atomic E-state index is 0.318. The molecule has 0 fully saturated rings. The summed E-state index contributed by atoms with van der Waals surface area (Å²) < 4.78 is 4.55. The van der Waals surface area contributed by atoms with Gasteiger partial charge in [-0.1, -0.05) is 0 Å². The molecule has 0 radical (unpaired) electrons. The van der Waals surface area contributed by atoms with Crippen LogP contribution in [0.1, 0.15) is 41.5 Å². The molecule has 3 N–H and O–H groups in total. The van der Waals surface area contributed by atoms with Crippen molar-refractivity contribution in [3.05, 3.63) is 0 Å². The third kappa shape index (κ3) is 10.8. The van der Waals surface area contributed by atoms with Gasteiger partial charge >= 0.3 is 6.09 Å². The largest absolute Gasteiger partial charge is 0.464 e. The Kier molecular flexibility index (Phi) is 6.76. The van der Waals surface area contributed by atoms with Gasteiger partial charge in [-0.25, -0.2) is 15.6 Å². The van der Waals surface area contributed by atoms with E-state index in [4.69, 9.17) is 10.9 Å². The van der Waals surface area contributed by atoms with E-state index in [0.29, 0.717) is 6.47 Å². The Balaban J connectivity index is 0. The van der Waals surface area contributed by atoms with E-state index < -0.39 is 11.6 Å². The Morgan fingerprint density at radius 1 is 1.25 bits per heavy atom. The lowest BCUT2D eigenvalue weighted by Crippen LogP contribution is -2.49. The van der Waals surface area contributed by atoms with Gasteiger partial charge in [-0.3, -0.25) is 4.79 Å². The smallest absolute Gasteiger partial charge is 0.422 e. The standard InChI is InChI=1S/C5H12N2O2.C5H10O2/c1-5(2,3)7(6)4(8)9;1-5(2,3)7-4-6/h6H2,1-3H3,(H,8,9);4H,1-3H3. The van der Waals surface area contributed by atoms with E-state index >= 15 is 0 Å². The van der Waals surface area contributed by atoms with Crippen molar-refractivity contribution >= 4 is 12.6 Å². The normalized spacial score (nSPS) is 10.9. The first-order valence-corrected chi connectivity index (χ1v) is 4.81. The van der Waals surface area contributed by atoms with Gasteiger partial charge in [0, 0.05) is 0 Å². The lowest BCUT2D eigenvalue weighted by atomic mass is 10.1. The van der Waals surface area contributed by atoms with Gasteiger partial charge in [-0.2, -0.15) is 0 Å². The maximum atomic E-state index is 10.1. The number of hydrogen-bond donors (Lipinski definition) is 2. The topological polar surface area (TPSA) is 92.9 Å². The molecule has 0 saturated heterocycles. The van der Waals surface area contributed by atoms with Crippen LogP contribution in [0, 0.1) is 0 Å². The quantitative estimate of drug-likeness (QED) is 0.311. The van der Waals surface area contributed by atoms with E-state index in [-0.39, 0.29) is 5.60 Å². The molecular weight excluding hydrogens is 212 g/mol. The van der Waals surface area contributed by atoms with Crippen LogP contribution in [0.5, 0.6) is 0 Å². The maximum Gasteiger partial charge on any atom is 0.422 e. The van der Waals surface area contributed by atoms with Crippen LogP contribution >= 0.6 is 0 Å². The number of hydrogen-bond acceptors (Lipinski definition) is 4. The second-order valence-corrected chi connectivity index (χ2v) is 5.15. The summed E-state index contributed by atoms with van der Waals surface area (Å²) in [6.45, 7) is 11.1. The third-order valence-corrected chi connectivity index (χ3v) is 1.33. The van der Waals surface area contributed by atoms with Crippen molar-refractivity contribution in [1.82, 2.24) is 5.01 Å². The van der Waals surface area contributed by atoms with Crippen molar-refractivity contribution in [3.63, 3.8) is 0 Å². The molecule has 0 saturated carbocycles. The summed E-state index contributed by atoms with van der Waals surface area (Å²) in [6.07, 6.45) is -1.11. The van der Waals surface area contributed by atoms with E-state index in [1.54, 1.807) is 20.8 Å². The van der Waals surface area contributed by atoms with Crippen molar-refractivity contribution < 1.29 is 19.4 Å². The van der Waals surface area contributed by atoms with Gasteiger partial charge in [0.05, 0.1) is 5.54 Å². The molecule has 0 heterocycles. The molecule has 0 bridgehead atoms. The zero-order valence-electron chi connectivity index (χ0n) is 10.8. The van der Waals surface area contributed by atoms with Crippen molar-refractivity contribution in [3.8, 4) is 0 Å². The fraction of sp³-hybridized carbons (Fsp3) is 0.800. The lowest BCUT2D eigenvalue weighted by Gasteiger charge is -2.27. The van der Waals surface area contributed by atoms with Gasteiger partial charge < -0.3 is 9.84 Å². The van der Waals surface area contributed by atoms with Crippen LogP contribution in [0.15, 0.2) is 0 Å². The summed E-state index contributed by atoms with van der Waals surface area (Å²) in [7, 11) is 0. The van der Waals surface area contributed by atoms with Crippen molar-refractivity contribution in [2.75, 3.05) is 0 Å². The summed E-state index contributed by atoms with van der Waals surface area (Å²) in [5, 5.41) is 9.09. The Morgan fingerprint density at radius 2 is 1.62 bits per heavy atom. The van der Waals surface area contributed by atoms with Crippen LogP contribution in [-0.4, -0.2) is 33.8 Å². The molecular formula is C10H22N2O4. The summed E-state index contributed by atoms with van der Waals surface area (Å²) >= 11 is 0. The zero-order chi connectivity index (χ0) is 13.6. The Hall–Kier alpha value is -1.30. The van der Waals surface area contributed by atoms with Crippen LogP contribution in [0.25, 0.3) is 0 Å². The summed E-state index contributed by atoms with van der Waals surface area (Å²) in [5.74, 6) is 5.13. The second-order valence-electron chi connectivity index (χ2n) is 5.15. The fourth-order valence-electron chi connectivity index (χ4n) is 0.431. The molecule has 16 heavy (non-hydrogen) atoms. The first-order valence-electron chi connectivity index (χ1n) is 4.81. The molecule has 0 aliphatic rings. The Bertz CT molecular complexity index is 228. The van der Waals surface area contributed by atoms with E-state index in [0.717, 1.165) is 5.01 Å². The van der Waals surface area contributed by atoms with Crippen LogP contribution < -0.4 is 5.84 Å². The lowest BCUT2D eigenvalue weighted by molar-refractivity contribution is -0.138. The molecule has 1 amide bonds. The number of rotatable bonds is 1. The molecule has 0 aliphatic carbocycles. The van der Waals surface area contributed by atoms with Gasteiger partial charge in [-0.15, -0.1) is 0 Å². The second kappa shape index (κ2) is 6.32. The van der Waals surface area contributed by atoms with Gasteiger partial charge in [0.25, 0.3) is 6.47 Å². The molecule has 0 unspecified atom stereocenters. The predicted molar refractivity (Wildman–Crippen MR) is 60.7 cm³/mol. The van der Waals surface area contributed by atoms with E-state index in [1.165, 1.54) is 0 Å². The molecule has 96 valence electrons. The molecule has 0 spiro atoms. The molecule has 0 aromatic rings. The number of carbonyl (C=O) groups is 2. The van der Waals surface area contributed by atoms with Crippen LogP contribution in [-0.2, 0) is 9.53 Å². The van der Waals surface area contributed by atoms with E-state index in [2.05, 4.69) is 4.74 Å². The number of carboxylic acid groups (broad SMARTS) is 1. The van der Waals surface area contributed by atoms with Gasteiger partial charge in [-0.05, 0) is 41.5 Å². The highest BCUT2D eigenvalue weighted by Gasteiger charge is 2.21. The summed E-state index contributed by atoms with van der Waals surface area (Å²) in [4.78, 5) is 19.7. The third-order valence-electron chi connectivity index (χ3n) is 1.33. The monoisotopic (exact) mass is 234 g/mol. The van der Waals surface area contributed by atoms with Gasteiger partial charge in [0.1, 0.15) is 5.60 Å². The van der Waals surface area contributed by atoms with Gasteiger partial charge in [0.2, 0.25) is 0 Å². The fourth-order valence-corrected chi connectivity index (χ4v) is 0.431. The number of ether oxygens (including phenoxy) is 1. The minimum Gasteiger partial charge on any atom is -0.464 e. The van der Waals surface area contributed by atoms with Crippen molar-refractivity contribution in [2.45, 2.75) is 52.7 Å². The molecule has 6 nitrogen and oxygen atoms in total. The Morgan fingerprint density at radius 3 is 1.62 bits per heavy atom. The van der Waals surface area contributed by atoms with Gasteiger partial charge in [0.15, 0.2) is 0 Å². The van der Waals surface area contributed by atoms with E-state index in [1.807, 2.05) is 20.8 Å². The molecule has 0 rings (SSSR count). The number of amides is 1. The average molecular weight is 234 g/mol. The van der Waals surface area contributed by atoms with Crippen LogP contribution in [0.4, 0.5) is 4.79 Å². The zero-order valence-corrected chi connectivity index (χ0v) is 10.8. The molecule has 0 atom stereocenters. The number of carbonyl (C=O) groups excluding carboxylic acids is 1. The van der Waals surface area contributed by atoms with Crippen molar-refractivity contribution in [2.24, 2.45) is 5.84 Å². The minimum atomic E-state index is -1.11. The molecule has 0 aliphatic heterocycles. The number of nitrogens with two attached hydrogens (primary N) is 1. The SMILES string of the molecule is CC(C)(C)N(N)C(=O)O.CC(C)(C)OC=O. The molecule has 0 aromatic heterocycles. The molecule has 6 heteroatoms. The van der Waals surface area contributed by atoms with Crippen LogP contribution in [0.3, 0.4) is 0 Å².